The van der Waals surface area contributed by atoms with Crippen LogP contribution in [-0.4, -0.2) is 137 Å². The molecule has 25 nitrogen and oxygen atoms in total. The molecule has 31 heteroatoms. The highest BCUT2D eigenvalue weighted by Gasteiger charge is 2.68. The minimum Gasteiger partial charge on any atom is -0.497 e. The molecule has 7 heterocycles. The first-order valence-corrected chi connectivity index (χ1v) is 30.8. The summed E-state index contributed by atoms with van der Waals surface area (Å²) in [6.45, 7) is 14.3. The van der Waals surface area contributed by atoms with Crippen LogP contribution < -0.4 is 41.0 Å². The number of amides is 2. The van der Waals surface area contributed by atoms with Gasteiger partial charge in [-0.05, 0) is 58.6 Å². The Balaban J connectivity index is 0.000000288. The van der Waals surface area contributed by atoms with E-state index in [0.717, 1.165) is 18.5 Å². The van der Waals surface area contributed by atoms with Crippen molar-refractivity contribution in [3.05, 3.63) is 93.4 Å². The molecular formula is C56H76F4N6O19Si2. The molecule has 0 saturated carbocycles. The quantitative estimate of drug-likeness (QED) is 0.0487. The summed E-state index contributed by atoms with van der Waals surface area (Å²) in [5.41, 5.74) is -1.73. The predicted octanol–water partition coefficient (Wildman–Crippen LogP) is 10.2. The molecule has 0 spiro atoms. The van der Waals surface area contributed by atoms with E-state index in [2.05, 4.69) is 20.6 Å². The summed E-state index contributed by atoms with van der Waals surface area (Å²) in [5.74, 6) is -5.41. The van der Waals surface area contributed by atoms with Gasteiger partial charge in [0.1, 0.15) is 53.0 Å². The van der Waals surface area contributed by atoms with Gasteiger partial charge in [0.05, 0.1) is 41.7 Å². The zero-order chi connectivity index (χ0) is 62.1. The number of nitrogens with one attached hydrogen (secondary N) is 2. The number of ether oxygens (including phenoxy) is 8. The van der Waals surface area contributed by atoms with Crippen LogP contribution in [0.4, 0.5) is 38.8 Å². The van der Waals surface area contributed by atoms with Crippen LogP contribution in [0, 0.1) is 0 Å². The second kappa shape index (κ2) is 27.5. The molecule has 0 radical (unpaired) electrons. The summed E-state index contributed by atoms with van der Waals surface area (Å²) in [6, 6.07) is 12.3. The van der Waals surface area contributed by atoms with Gasteiger partial charge in [-0.2, -0.15) is 27.5 Å². The van der Waals surface area contributed by atoms with Crippen LogP contribution in [0.1, 0.15) is 94.2 Å². The van der Waals surface area contributed by atoms with Gasteiger partial charge < -0.3 is 69.9 Å². The third kappa shape index (κ3) is 13.8. The molecule has 0 aliphatic carbocycles. The fraction of sp³-hybridized carbons (Fsp3) is 0.536. The van der Waals surface area contributed by atoms with E-state index in [-0.39, 0.29) is 68.5 Å². The van der Waals surface area contributed by atoms with Crippen LogP contribution in [-0.2, 0) is 45.1 Å². The van der Waals surface area contributed by atoms with Crippen LogP contribution in [0.15, 0.2) is 79.3 Å². The number of nitrogens with zero attached hydrogens (tertiary/aromatic N) is 4. The molecule has 3 saturated heterocycles. The number of alkyl halides is 4. The van der Waals surface area contributed by atoms with Gasteiger partial charge in [0.2, 0.25) is 12.5 Å². The van der Waals surface area contributed by atoms with Gasteiger partial charge in [-0.25, -0.2) is 19.2 Å². The maximum atomic E-state index is 16.4. The number of fused-ring (bicyclic) bond motifs is 3. The van der Waals surface area contributed by atoms with Crippen molar-refractivity contribution in [1.29, 1.82) is 0 Å². The highest BCUT2D eigenvalue weighted by molar-refractivity contribution is 6.84. The van der Waals surface area contributed by atoms with Gasteiger partial charge >= 0.3 is 52.5 Å². The number of aromatic nitrogens is 4. The number of hydrogen-bond acceptors (Lipinski definition) is 21. The zero-order valence-corrected chi connectivity index (χ0v) is 50.5. The van der Waals surface area contributed by atoms with Crippen molar-refractivity contribution in [1.82, 2.24) is 19.1 Å². The Hall–Kier alpha value is -7.11. The third-order valence-electron chi connectivity index (χ3n) is 14.7. The van der Waals surface area contributed by atoms with E-state index in [1.807, 2.05) is 55.4 Å². The molecule has 0 bridgehead atoms. The lowest BCUT2D eigenvalue weighted by atomic mass is 10.1. The fourth-order valence-corrected chi connectivity index (χ4v) is 21.5. The second-order valence-electron chi connectivity index (χ2n) is 21.4. The van der Waals surface area contributed by atoms with Crippen LogP contribution >= 0.6 is 0 Å². The molecule has 9 rings (SSSR count). The van der Waals surface area contributed by atoms with E-state index < -0.39 is 96.0 Å². The average molecular weight is 1270 g/mol. The number of carbonyl (C=O) groups is 2. The molecular weight excluding hydrogens is 1190 g/mol. The second-order valence-corrected chi connectivity index (χ2v) is 30.2. The predicted molar refractivity (Wildman–Crippen MR) is 311 cm³/mol. The summed E-state index contributed by atoms with van der Waals surface area (Å²) < 4.78 is 136. The Morgan fingerprint density at radius 2 is 1.10 bits per heavy atom. The minimum atomic E-state index is -3.86. The summed E-state index contributed by atoms with van der Waals surface area (Å²) in [6.07, 6.45) is -10.9. The normalized spacial score (nSPS) is 21.6. The van der Waals surface area contributed by atoms with Crippen molar-refractivity contribution in [3.8, 4) is 23.0 Å². The summed E-state index contributed by atoms with van der Waals surface area (Å²) in [5, 5.41) is 24.6. The molecule has 3 aliphatic rings. The third-order valence-corrected chi connectivity index (χ3v) is 24.9. The molecule has 480 valence electrons. The van der Waals surface area contributed by atoms with Gasteiger partial charge in [0, 0.05) is 35.3 Å². The molecule has 4 N–H and O–H groups in total. The number of aliphatic hydroxyl groups excluding tert-OH is 2. The lowest BCUT2D eigenvalue weighted by molar-refractivity contribution is -0.140. The van der Waals surface area contributed by atoms with Crippen LogP contribution in [0.3, 0.4) is 0 Å². The standard InChI is InChI=1S/C33H47F2N3O10Si2.C21H21F2N3O9.2CH4/c1-18(2)49(19(3)4)44-17-26-29(47-50(48-49,20(5)6)21(7)8)33(34,35)30(46-26)38-12-11-27(36-31(38)39)37-32(40)43-16-24-14-22-13-23(41-9)15-25(42-10)28(22)45-24;1-31-11-5-10-6-12(34-16(10)13(7-11)32-2)9-33-20(30)25-15-3-4-26(19(29)24-15)18-21(22,23)17(28)14(8-27)35-18;;/h11-15,18-21,26,29-30H,16-17H2,1-10H3,(H,36,37,39,40);3-7,14,17-18,27-28H,8-9H2,1-2H3,(H,24,25,29,30);2*1H4/t26-,29-,30-;14-,17-,18-;;/m11../s1. The van der Waals surface area contributed by atoms with Gasteiger partial charge in [0.25, 0.3) is 0 Å². The Labute approximate surface area is 500 Å². The summed E-state index contributed by atoms with van der Waals surface area (Å²) in [4.78, 5) is 57.5. The summed E-state index contributed by atoms with van der Waals surface area (Å²) in [7, 11) is -0.407. The maximum absolute atomic E-state index is 16.4. The van der Waals surface area contributed by atoms with Crippen molar-refractivity contribution in [2.45, 2.75) is 154 Å². The highest BCUT2D eigenvalue weighted by atomic mass is 28.5. The van der Waals surface area contributed by atoms with E-state index in [1.165, 1.54) is 34.5 Å². The lowest BCUT2D eigenvalue weighted by Gasteiger charge is -2.51. The van der Waals surface area contributed by atoms with E-state index in [1.54, 1.807) is 36.4 Å². The van der Waals surface area contributed by atoms with Crippen LogP contribution in [0.5, 0.6) is 23.0 Å². The average Bonchev–Trinajstić information content (AvgIpc) is 1.72. The largest absolute Gasteiger partial charge is 0.497 e. The molecule has 3 fully saturated rings. The van der Waals surface area contributed by atoms with Crippen LogP contribution in [0.25, 0.3) is 21.9 Å². The Kier molecular flexibility index (Phi) is 21.8. The number of furan rings is 2. The summed E-state index contributed by atoms with van der Waals surface area (Å²) >= 11 is 0. The lowest BCUT2D eigenvalue weighted by Crippen LogP contribution is -2.66. The van der Waals surface area contributed by atoms with E-state index >= 15 is 8.78 Å². The molecule has 0 unspecified atom stereocenters. The number of methoxy groups -OCH3 is 4. The SMILES string of the molecule is C.C.COc1cc(OC)c2oc(COC(=O)Nc3ccn([C@@H]4O[C@@H]5CO[Si](C(C)C)(C(C)C)O[Si](C(C)C)(C(C)C)O[C@H]5C4(F)F)c(=O)n3)cc2c1.COc1cc(OC)c2oc(COC(=O)Nc3ccn([C@@H]4O[C@H](CO)[C@@H](O)C4(F)F)c(=O)n3)cc2c1. The Bertz CT molecular complexity index is 3470. The fourth-order valence-electron chi connectivity index (χ4n) is 10.3. The number of halogens is 4. The van der Waals surface area contributed by atoms with Gasteiger partial charge in [-0.3, -0.25) is 19.8 Å². The van der Waals surface area contributed by atoms with E-state index in [4.69, 9.17) is 64.8 Å². The van der Waals surface area contributed by atoms with Crippen molar-refractivity contribution < 1.29 is 97.1 Å². The van der Waals surface area contributed by atoms with E-state index in [9.17, 15) is 33.1 Å². The van der Waals surface area contributed by atoms with Gasteiger partial charge in [-0.1, -0.05) is 70.2 Å². The van der Waals surface area contributed by atoms with Crippen molar-refractivity contribution in [2.24, 2.45) is 0 Å². The number of carbonyl (C=O) groups excluding carboxylic acids is 2. The molecule has 3 aliphatic heterocycles. The Morgan fingerprint density at radius 1 is 0.667 bits per heavy atom. The first-order chi connectivity index (χ1) is 40.2. The smallest absolute Gasteiger partial charge is 0.413 e. The van der Waals surface area contributed by atoms with Gasteiger partial charge in [0.15, 0.2) is 42.0 Å². The monoisotopic (exact) mass is 1270 g/mol. The minimum absolute atomic E-state index is 0. The topological polar surface area (TPSA) is 296 Å². The number of hydrogen-bond donors (Lipinski definition) is 4. The Morgan fingerprint density at radius 3 is 1.48 bits per heavy atom. The van der Waals surface area contributed by atoms with E-state index in [0.29, 0.717) is 65.6 Å². The number of anilines is 2. The van der Waals surface area contributed by atoms with Crippen LogP contribution in [0.2, 0.25) is 22.2 Å². The molecule has 4 aromatic heterocycles. The molecule has 87 heavy (non-hydrogen) atoms. The van der Waals surface area contributed by atoms with Gasteiger partial charge in [-0.15, -0.1) is 0 Å². The highest BCUT2D eigenvalue weighted by Crippen LogP contribution is 2.52. The van der Waals surface area contributed by atoms with Crippen molar-refractivity contribution in [2.75, 3.05) is 52.3 Å². The first-order valence-electron chi connectivity index (χ1n) is 26.9. The van der Waals surface area contributed by atoms with Crippen molar-refractivity contribution in [3.63, 3.8) is 0 Å². The molecule has 2 amide bonds. The number of benzene rings is 2. The maximum Gasteiger partial charge on any atom is 0.413 e. The number of rotatable bonds is 17. The first kappa shape index (κ1) is 69.0. The molecule has 6 aromatic rings. The zero-order valence-electron chi connectivity index (χ0n) is 48.5. The number of aliphatic hydroxyl groups is 2. The van der Waals surface area contributed by atoms with Crippen molar-refractivity contribution >= 4 is 62.9 Å². The molecule has 2 aromatic carbocycles. The molecule has 6 atom stereocenters.